The third kappa shape index (κ3) is 3.53. The van der Waals surface area contributed by atoms with Gasteiger partial charge < -0.3 is 10.3 Å². The van der Waals surface area contributed by atoms with Gasteiger partial charge in [0.2, 0.25) is 10.0 Å². The molecule has 2 rings (SSSR count). The lowest BCUT2D eigenvalue weighted by Crippen LogP contribution is -2.16. The van der Waals surface area contributed by atoms with Crippen LogP contribution in [-0.2, 0) is 10.0 Å². The maximum atomic E-state index is 13.6. The van der Waals surface area contributed by atoms with Gasteiger partial charge in [-0.2, -0.15) is 0 Å². The van der Waals surface area contributed by atoms with Crippen molar-refractivity contribution in [1.29, 1.82) is 0 Å². The van der Waals surface area contributed by atoms with Gasteiger partial charge in [-0.15, -0.1) is 0 Å². The molecular formula is C11H8Cl2FN3O3S. The first-order valence-electron chi connectivity index (χ1n) is 5.36. The van der Waals surface area contributed by atoms with Crippen molar-refractivity contribution in [2.75, 3.05) is 5.32 Å². The minimum Gasteiger partial charge on any atom is -0.340 e. The zero-order valence-corrected chi connectivity index (χ0v) is 12.5. The Morgan fingerprint density at radius 1 is 1.29 bits per heavy atom. The maximum Gasteiger partial charge on any atom is 0.272 e. The number of H-pyrrole nitrogens is 1. The number of halogens is 3. The highest BCUT2D eigenvalue weighted by Crippen LogP contribution is 2.23. The van der Waals surface area contributed by atoms with Gasteiger partial charge in [0, 0.05) is 0 Å². The van der Waals surface area contributed by atoms with Crippen LogP contribution in [0.2, 0.25) is 10.2 Å². The van der Waals surface area contributed by atoms with Gasteiger partial charge >= 0.3 is 0 Å². The highest BCUT2D eigenvalue weighted by Gasteiger charge is 2.16. The SMILES string of the molecule is NS(=O)(=O)c1ccc(F)c(NC(=O)c2cc(Cl)c(Cl)[nH]2)c1. The number of rotatable bonds is 3. The minimum atomic E-state index is -4.01. The Morgan fingerprint density at radius 2 is 1.95 bits per heavy atom. The fraction of sp³-hybridized carbons (Fsp3) is 0. The Bertz CT molecular complexity index is 801. The molecule has 0 saturated carbocycles. The van der Waals surface area contributed by atoms with Crippen LogP contribution in [0.4, 0.5) is 10.1 Å². The molecule has 10 heteroatoms. The second-order valence-corrected chi connectivity index (χ2v) is 6.33. The Labute approximate surface area is 129 Å². The van der Waals surface area contributed by atoms with Crippen molar-refractivity contribution in [2.45, 2.75) is 4.90 Å². The number of carbonyl (C=O) groups is 1. The number of nitrogens with one attached hydrogen (secondary N) is 2. The van der Waals surface area contributed by atoms with Gasteiger partial charge in [0.25, 0.3) is 5.91 Å². The molecule has 0 aliphatic carbocycles. The largest absolute Gasteiger partial charge is 0.340 e. The topological polar surface area (TPSA) is 105 Å². The number of sulfonamides is 1. The Kier molecular flexibility index (Phi) is 4.24. The lowest BCUT2D eigenvalue weighted by Gasteiger charge is -2.07. The molecule has 0 aliphatic rings. The quantitative estimate of drug-likeness (QED) is 0.790. The van der Waals surface area contributed by atoms with Crippen LogP contribution in [0.1, 0.15) is 10.5 Å². The fourth-order valence-corrected chi connectivity index (χ4v) is 2.35. The second kappa shape index (κ2) is 5.64. The first kappa shape index (κ1) is 15.8. The molecule has 1 heterocycles. The average Bonchev–Trinajstić information content (AvgIpc) is 2.71. The van der Waals surface area contributed by atoms with Gasteiger partial charge in [0.15, 0.2) is 0 Å². The lowest BCUT2D eigenvalue weighted by atomic mass is 10.3. The molecule has 0 radical (unpaired) electrons. The van der Waals surface area contributed by atoms with E-state index in [1.165, 1.54) is 6.07 Å². The summed E-state index contributed by atoms with van der Waals surface area (Å²) in [4.78, 5) is 14.0. The fourth-order valence-electron chi connectivity index (χ4n) is 1.49. The van der Waals surface area contributed by atoms with E-state index in [1.807, 2.05) is 0 Å². The highest BCUT2D eigenvalue weighted by molar-refractivity contribution is 7.89. The number of hydrogen-bond donors (Lipinski definition) is 3. The maximum absolute atomic E-state index is 13.6. The molecule has 0 bridgehead atoms. The summed E-state index contributed by atoms with van der Waals surface area (Å²) in [6.45, 7) is 0. The van der Waals surface area contributed by atoms with E-state index in [-0.39, 0.29) is 26.5 Å². The third-order valence-corrected chi connectivity index (χ3v) is 4.09. The van der Waals surface area contributed by atoms with Crippen molar-refractivity contribution in [2.24, 2.45) is 5.14 Å². The van der Waals surface area contributed by atoms with Gasteiger partial charge in [-0.25, -0.2) is 17.9 Å². The molecular weight excluding hydrogens is 344 g/mol. The minimum absolute atomic E-state index is 0.00888. The molecule has 1 amide bonds. The predicted molar refractivity (Wildman–Crippen MR) is 76.5 cm³/mol. The number of aromatic amines is 1. The molecule has 1 aromatic carbocycles. The van der Waals surface area contributed by atoms with Crippen molar-refractivity contribution < 1.29 is 17.6 Å². The van der Waals surface area contributed by atoms with Crippen LogP contribution < -0.4 is 10.5 Å². The zero-order chi connectivity index (χ0) is 15.8. The number of benzene rings is 1. The normalized spacial score (nSPS) is 11.4. The van der Waals surface area contributed by atoms with Crippen LogP contribution >= 0.6 is 23.2 Å². The van der Waals surface area contributed by atoms with Crippen molar-refractivity contribution in [3.05, 3.63) is 46.0 Å². The van der Waals surface area contributed by atoms with E-state index in [2.05, 4.69) is 10.3 Å². The smallest absolute Gasteiger partial charge is 0.272 e. The summed E-state index contributed by atoms with van der Waals surface area (Å²) in [6.07, 6.45) is 0. The van der Waals surface area contributed by atoms with Crippen molar-refractivity contribution >= 4 is 44.8 Å². The number of primary sulfonamides is 1. The first-order valence-corrected chi connectivity index (χ1v) is 7.66. The molecule has 112 valence electrons. The van der Waals surface area contributed by atoms with Crippen molar-refractivity contribution in [1.82, 2.24) is 4.98 Å². The summed E-state index contributed by atoms with van der Waals surface area (Å²) in [5.74, 6) is -1.56. The van der Waals surface area contributed by atoms with E-state index in [4.69, 9.17) is 28.3 Å². The van der Waals surface area contributed by atoms with Crippen LogP contribution in [0, 0.1) is 5.82 Å². The summed E-state index contributed by atoms with van der Waals surface area (Å²) in [7, 11) is -4.01. The lowest BCUT2D eigenvalue weighted by molar-refractivity contribution is 0.102. The molecule has 0 unspecified atom stereocenters. The van der Waals surface area contributed by atoms with Crippen LogP contribution in [0.3, 0.4) is 0 Å². The summed E-state index contributed by atoms with van der Waals surface area (Å²) in [6, 6.07) is 4.03. The van der Waals surface area contributed by atoms with Gasteiger partial charge in [-0.3, -0.25) is 4.79 Å². The molecule has 2 aromatic rings. The molecule has 0 saturated heterocycles. The Morgan fingerprint density at radius 3 is 2.48 bits per heavy atom. The van der Waals surface area contributed by atoms with Gasteiger partial charge in [-0.1, -0.05) is 23.2 Å². The number of aromatic nitrogens is 1. The number of anilines is 1. The average molecular weight is 352 g/mol. The number of nitrogens with two attached hydrogens (primary N) is 1. The monoisotopic (exact) mass is 351 g/mol. The Balaban J connectivity index is 2.33. The van der Waals surface area contributed by atoms with Gasteiger partial charge in [0.05, 0.1) is 15.6 Å². The summed E-state index contributed by atoms with van der Waals surface area (Å²) >= 11 is 11.3. The van der Waals surface area contributed by atoms with Gasteiger partial charge in [-0.05, 0) is 24.3 Å². The Hall–Kier alpha value is -1.61. The van der Waals surface area contributed by atoms with Crippen LogP contribution in [-0.4, -0.2) is 19.3 Å². The van der Waals surface area contributed by atoms with E-state index in [0.717, 1.165) is 18.2 Å². The second-order valence-electron chi connectivity index (χ2n) is 3.99. The number of hydrogen-bond acceptors (Lipinski definition) is 3. The predicted octanol–water partition coefficient (Wildman–Crippen LogP) is 2.36. The summed E-state index contributed by atoms with van der Waals surface area (Å²) in [5, 5.41) is 7.32. The molecule has 21 heavy (non-hydrogen) atoms. The molecule has 4 N–H and O–H groups in total. The van der Waals surface area contributed by atoms with Gasteiger partial charge in [0.1, 0.15) is 16.7 Å². The van der Waals surface area contributed by atoms with E-state index in [0.29, 0.717) is 0 Å². The first-order chi connectivity index (χ1) is 9.68. The van der Waals surface area contributed by atoms with Crippen LogP contribution in [0.15, 0.2) is 29.2 Å². The summed E-state index contributed by atoms with van der Waals surface area (Å²) < 4.78 is 36.0. The number of carbonyl (C=O) groups excluding carboxylic acids is 1. The molecule has 6 nitrogen and oxygen atoms in total. The molecule has 0 atom stereocenters. The summed E-state index contributed by atoms with van der Waals surface area (Å²) in [5.41, 5.74) is -0.348. The van der Waals surface area contributed by atoms with E-state index < -0.39 is 21.7 Å². The highest BCUT2D eigenvalue weighted by atomic mass is 35.5. The molecule has 0 spiro atoms. The standard InChI is InChI=1S/C11H8Cl2FN3O3S/c12-6-4-9(16-10(6)13)11(18)17-8-3-5(21(15,19)20)1-2-7(8)14/h1-4,16H,(H,17,18)(H2,15,19,20). The molecule has 0 aliphatic heterocycles. The van der Waals surface area contributed by atoms with Crippen molar-refractivity contribution in [3.63, 3.8) is 0 Å². The van der Waals surface area contributed by atoms with Crippen LogP contribution in [0.25, 0.3) is 0 Å². The van der Waals surface area contributed by atoms with Crippen molar-refractivity contribution in [3.8, 4) is 0 Å². The zero-order valence-electron chi connectivity index (χ0n) is 10.2. The van der Waals surface area contributed by atoms with E-state index in [1.54, 1.807) is 0 Å². The van der Waals surface area contributed by atoms with Crippen LogP contribution in [0.5, 0.6) is 0 Å². The molecule has 0 fully saturated rings. The third-order valence-electron chi connectivity index (χ3n) is 2.48. The molecule has 1 aromatic heterocycles. The number of amides is 1. The van der Waals surface area contributed by atoms with E-state index in [9.17, 15) is 17.6 Å². The van der Waals surface area contributed by atoms with E-state index >= 15 is 0 Å².